The molecular formula is C13H10BrF2NS. The highest BCUT2D eigenvalue weighted by atomic mass is 79.9. The van der Waals surface area contributed by atoms with Gasteiger partial charge in [-0.25, -0.2) is 8.78 Å². The number of halogens is 3. The van der Waals surface area contributed by atoms with Crippen molar-refractivity contribution in [2.75, 3.05) is 5.73 Å². The van der Waals surface area contributed by atoms with E-state index in [0.29, 0.717) is 17.0 Å². The van der Waals surface area contributed by atoms with Gasteiger partial charge in [-0.1, -0.05) is 15.9 Å². The molecule has 0 saturated carbocycles. The van der Waals surface area contributed by atoms with Gasteiger partial charge in [0.25, 0.3) is 0 Å². The third-order valence-electron chi connectivity index (χ3n) is 2.37. The smallest absolute Gasteiger partial charge is 0.127 e. The molecule has 0 fully saturated rings. The third-order valence-corrected chi connectivity index (χ3v) is 3.98. The van der Waals surface area contributed by atoms with Crippen molar-refractivity contribution < 1.29 is 8.78 Å². The van der Waals surface area contributed by atoms with Crippen molar-refractivity contribution in [3.63, 3.8) is 0 Å². The Hall–Kier alpha value is -1.07. The van der Waals surface area contributed by atoms with Gasteiger partial charge in [0, 0.05) is 26.4 Å². The molecule has 0 aromatic heterocycles. The molecule has 0 heterocycles. The molecule has 0 aliphatic carbocycles. The Morgan fingerprint density at radius 2 is 1.89 bits per heavy atom. The molecule has 5 heteroatoms. The van der Waals surface area contributed by atoms with Gasteiger partial charge >= 0.3 is 0 Å². The fourth-order valence-corrected chi connectivity index (χ4v) is 2.93. The standard InChI is InChI=1S/C13H10BrF2NS/c14-9-1-4-12(17)13(6-9)18-7-8-5-10(15)2-3-11(8)16/h1-6H,7,17H2. The molecule has 0 saturated heterocycles. The molecule has 0 unspecified atom stereocenters. The molecule has 0 spiro atoms. The number of thioether (sulfide) groups is 1. The summed E-state index contributed by atoms with van der Waals surface area (Å²) < 4.78 is 27.3. The van der Waals surface area contributed by atoms with E-state index in [1.54, 1.807) is 6.07 Å². The van der Waals surface area contributed by atoms with Crippen LogP contribution >= 0.6 is 27.7 Å². The molecule has 1 nitrogen and oxygen atoms in total. The molecule has 2 aromatic rings. The van der Waals surface area contributed by atoms with Crippen molar-refractivity contribution in [1.82, 2.24) is 0 Å². The Morgan fingerprint density at radius 1 is 1.11 bits per heavy atom. The first kappa shape index (κ1) is 13.4. The highest BCUT2D eigenvalue weighted by Crippen LogP contribution is 2.31. The highest BCUT2D eigenvalue weighted by Gasteiger charge is 2.06. The normalized spacial score (nSPS) is 10.6. The number of anilines is 1. The van der Waals surface area contributed by atoms with E-state index in [0.717, 1.165) is 21.5 Å². The zero-order valence-electron chi connectivity index (χ0n) is 9.29. The van der Waals surface area contributed by atoms with Gasteiger partial charge in [-0.05, 0) is 36.4 Å². The van der Waals surface area contributed by atoms with E-state index in [1.807, 2.05) is 12.1 Å². The lowest BCUT2D eigenvalue weighted by atomic mass is 10.2. The molecular weight excluding hydrogens is 320 g/mol. The topological polar surface area (TPSA) is 26.0 Å². The van der Waals surface area contributed by atoms with Gasteiger partial charge in [0.1, 0.15) is 11.6 Å². The minimum atomic E-state index is -0.436. The monoisotopic (exact) mass is 329 g/mol. The summed E-state index contributed by atoms with van der Waals surface area (Å²) in [4.78, 5) is 0.841. The van der Waals surface area contributed by atoms with Crippen LogP contribution in [0.3, 0.4) is 0 Å². The Labute approximate surface area is 117 Å². The predicted octanol–water partition coefficient (Wildman–Crippen LogP) is 4.60. The average Bonchev–Trinajstić information content (AvgIpc) is 2.34. The van der Waals surface area contributed by atoms with Crippen LogP contribution in [0.15, 0.2) is 45.8 Å². The maximum Gasteiger partial charge on any atom is 0.127 e. The van der Waals surface area contributed by atoms with Gasteiger partial charge in [0.2, 0.25) is 0 Å². The minimum Gasteiger partial charge on any atom is -0.398 e. The second kappa shape index (κ2) is 5.71. The number of benzene rings is 2. The lowest BCUT2D eigenvalue weighted by Gasteiger charge is -2.07. The van der Waals surface area contributed by atoms with Crippen molar-refractivity contribution in [2.45, 2.75) is 10.6 Å². The van der Waals surface area contributed by atoms with Crippen molar-refractivity contribution in [1.29, 1.82) is 0 Å². The van der Waals surface area contributed by atoms with Crippen LogP contribution in [0, 0.1) is 11.6 Å². The van der Waals surface area contributed by atoms with Crippen LogP contribution in [0.5, 0.6) is 0 Å². The van der Waals surface area contributed by atoms with E-state index in [-0.39, 0.29) is 0 Å². The van der Waals surface area contributed by atoms with Crippen LogP contribution < -0.4 is 5.73 Å². The van der Waals surface area contributed by atoms with Crippen molar-refractivity contribution in [2.24, 2.45) is 0 Å². The van der Waals surface area contributed by atoms with Crippen molar-refractivity contribution >= 4 is 33.4 Å². The number of rotatable bonds is 3. The minimum absolute atomic E-state index is 0.333. The van der Waals surface area contributed by atoms with Crippen molar-refractivity contribution in [3.8, 4) is 0 Å². The predicted molar refractivity (Wildman–Crippen MR) is 74.5 cm³/mol. The van der Waals surface area contributed by atoms with Crippen LogP contribution in [-0.4, -0.2) is 0 Å². The maximum absolute atomic E-state index is 13.4. The quantitative estimate of drug-likeness (QED) is 0.657. The Kier molecular flexibility index (Phi) is 4.24. The molecule has 2 rings (SSSR count). The molecule has 0 amide bonds. The fraction of sp³-hybridized carbons (Fsp3) is 0.0769. The zero-order chi connectivity index (χ0) is 13.1. The van der Waals surface area contributed by atoms with Crippen LogP contribution in [0.4, 0.5) is 14.5 Å². The summed E-state index contributed by atoms with van der Waals surface area (Å²) in [5.74, 6) is -0.503. The summed E-state index contributed by atoms with van der Waals surface area (Å²) in [5.41, 5.74) is 6.77. The van der Waals surface area contributed by atoms with E-state index in [1.165, 1.54) is 17.8 Å². The first-order valence-electron chi connectivity index (χ1n) is 5.18. The maximum atomic E-state index is 13.4. The molecule has 2 aromatic carbocycles. The molecule has 0 radical (unpaired) electrons. The van der Waals surface area contributed by atoms with E-state index >= 15 is 0 Å². The molecule has 18 heavy (non-hydrogen) atoms. The number of nitrogen functional groups attached to an aromatic ring is 1. The van der Waals surface area contributed by atoms with Gasteiger partial charge in [0.05, 0.1) is 0 Å². The van der Waals surface area contributed by atoms with Gasteiger partial charge < -0.3 is 5.73 Å². The second-order valence-electron chi connectivity index (χ2n) is 3.71. The molecule has 2 N–H and O–H groups in total. The molecule has 0 atom stereocenters. The SMILES string of the molecule is Nc1ccc(Br)cc1SCc1cc(F)ccc1F. The average molecular weight is 330 g/mol. The van der Waals surface area contributed by atoms with Gasteiger partial charge in [-0.3, -0.25) is 0 Å². The number of hydrogen-bond donors (Lipinski definition) is 1. The fourth-order valence-electron chi connectivity index (χ4n) is 1.44. The molecule has 0 aliphatic heterocycles. The summed E-state index contributed by atoms with van der Waals surface area (Å²) >= 11 is 4.72. The Morgan fingerprint density at radius 3 is 2.67 bits per heavy atom. The summed E-state index contributed by atoms with van der Waals surface area (Å²) in [6, 6.07) is 8.91. The number of nitrogens with two attached hydrogens (primary N) is 1. The summed E-state index contributed by atoms with van der Waals surface area (Å²) in [6.45, 7) is 0. The van der Waals surface area contributed by atoms with Gasteiger partial charge in [0.15, 0.2) is 0 Å². The van der Waals surface area contributed by atoms with E-state index < -0.39 is 11.6 Å². The summed E-state index contributed by atoms with van der Waals surface area (Å²) in [5, 5.41) is 0. The molecule has 0 bridgehead atoms. The number of hydrogen-bond acceptors (Lipinski definition) is 2. The first-order valence-corrected chi connectivity index (χ1v) is 6.96. The van der Waals surface area contributed by atoms with E-state index in [2.05, 4.69) is 15.9 Å². The van der Waals surface area contributed by atoms with E-state index in [9.17, 15) is 8.78 Å². The largest absolute Gasteiger partial charge is 0.398 e. The highest BCUT2D eigenvalue weighted by molar-refractivity contribution is 9.10. The molecule has 0 aliphatic rings. The van der Waals surface area contributed by atoms with Gasteiger partial charge in [-0.15, -0.1) is 11.8 Å². The Balaban J connectivity index is 2.16. The van der Waals surface area contributed by atoms with Crippen LogP contribution in [-0.2, 0) is 5.75 Å². The molecule has 94 valence electrons. The zero-order valence-corrected chi connectivity index (χ0v) is 11.7. The first-order chi connectivity index (χ1) is 8.56. The van der Waals surface area contributed by atoms with Crippen LogP contribution in [0.2, 0.25) is 0 Å². The lowest BCUT2D eigenvalue weighted by molar-refractivity contribution is 0.591. The van der Waals surface area contributed by atoms with Crippen molar-refractivity contribution in [3.05, 3.63) is 58.1 Å². The van der Waals surface area contributed by atoms with Crippen LogP contribution in [0.25, 0.3) is 0 Å². The summed E-state index contributed by atoms with van der Waals surface area (Å²) in [6.07, 6.45) is 0. The summed E-state index contributed by atoms with van der Waals surface area (Å²) in [7, 11) is 0. The Bertz CT molecular complexity index is 523. The second-order valence-corrected chi connectivity index (χ2v) is 5.64. The third kappa shape index (κ3) is 3.23. The van der Waals surface area contributed by atoms with Crippen LogP contribution in [0.1, 0.15) is 5.56 Å². The van der Waals surface area contributed by atoms with E-state index in [4.69, 9.17) is 5.73 Å². The van der Waals surface area contributed by atoms with Gasteiger partial charge in [-0.2, -0.15) is 0 Å². The lowest BCUT2D eigenvalue weighted by Crippen LogP contribution is -1.92.